The van der Waals surface area contributed by atoms with Gasteiger partial charge in [-0.15, -0.1) is 0 Å². The van der Waals surface area contributed by atoms with E-state index in [0.717, 1.165) is 19.6 Å². The number of nitrogens with one attached hydrogen (secondary N) is 1. The topological polar surface area (TPSA) is 32.3 Å². The lowest BCUT2D eigenvalue weighted by atomic mass is 10.2. The summed E-state index contributed by atoms with van der Waals surface area (Å²) in [6.45, 7) is 8.87. The van der Waals surface area contributed by atoms with Crippen LogP contribution < -0.4 is 5.32 Å². The van der Waals surface area contributed by atoms with Crippen LogP contribution in [0.25, 0.3) is 0 Å². The third-order valence-corrected chi connectivity index (χ3v) is 3.59. The molecule has 5 heteroatoms. The molecule has 0 aliphatic rings. The fourth-order valence-electron chi connectivity index (χ4n) is 1.86. The highest BCUT2D eigenvalue weighted by molar-refractivity contribution is 9.10. The van der Waals surface area contributed by atoms with Gasteiger partial charge in [0.2, 0.25) is 0 Å². The molecule has 0 spiro atoms. The van der Waals surface area contributed by atoms with Crippen LogP contribution in [0.2, 0.25) is 0 Å². The van der Waals surface area contributed by atoms with Crippen molar-refractivity contribution in [1.82, 2.24) is 10.2 Å². The van der Waals surface area contributed by atoms with Gasteiger partial charge in [-0.1, -0.05) is 13.8 Å². The summed E-state index contributed by atoms with van der Waals surface area (Å²) in [6.07, 6.45) is 0. The van der Waals surface area contributed by atoms with Crippen LogP contribution in [-0.2, 0) is 0 Å². The van der Waals surface area contributed by atoms with Gasteiger partial charge in [0.25, 0.3) is 5.91 Å². The molecule has 0 aliphatic heterocycles. The van der Waals surface area contributed by atoms with Gasteiger partial charge in [-0.05, 0) is 54.1 Å². The smallest absolute Gasteiger partial charge is 0.251 e. The molecule has 0 aromatic heterocycles. The molecular formula is C14H20BrFN2O. The van der Waals surface area contributed by atoms with Crippen LogP contribution in [0, 0.1) is 5.82 Å². The summed E-state index contributed by atoms with van der Waals surface area (Å²) < 4.78 is 13.4. The molecule has 0 fully saturated rings. The van der Waals surface area contributed by atoms with Gasteiger partial charge in [0.1, 0.15) is 5.82 Å². The second-order valence-electron chi connectivity index (χ2n) is 4.49. The summed E-state index contributed by atoms with van der Waals surface area (Å²) in [6, 6.07) is 4.32. The van der Waals surface area contributed by atoms with Crippen molar-refractivity contribution >= 4 is 21.8 Å². The van der Waals surface area contributed by atoms with Gasteiger partial charge >= 0.3 is 0 Å². The van der Waals surface area contributed by atoms with Crippen LogP contribution in [0.15, 0.2) is 22.7 Å². The third-order valence-electron chi connectivity index (χ3n) is 2.99. The van der Waals surface area contributed by atoms with Crippen molar-refractivity contribution in [3.63, 3.8) is 0 Å². The number of carbonyl (C=O) groups is 1. The lowest BCUT2D eigenvalue weighted by Gasteiger charge is -2.23. The van der Waals surface area contributed by atoms with E-state index in [0.29, 0.717) is 10.0 Å². The van der Waals surface area contributed by atoms with E-state index in [-0.39, 0.29) is 17.8 Å². The molecule has 1 atom stereocenters. The minimum Gasteiger partial charge on any atom is -0.348 e. The second kappa shape index (κ2) is 7.60. The van der Waals surface area contributed by atoms with Gasteiger partial charge in [-0.25, -0.2) is 4.39 Å². The standard InChI is InChI=1S/C14H20BrFN2O/c1-4-18(5-2)9-10(3)17-14(19)11-6-7-13(16)12(15)8-11/h6-8,10H,4-5,9H2,1-3H3,(H,17,19). The Bertz CT molecular complexity index is 435. The average molecular weight is 331 g/mol. The van der Waals surface area contributed by atoms with Crippen LogP contribution in [-0.4, -0.2) is 36.5 Å². The van der Waals surface area contributed by atoms with Crippen LogP contribution in [0.3, 0.4) is 0 Å². The van der Waals surface area contributed by atoms with Crippen LogP contribution >= 0.6 is 15.9 Å². The highest BCUT2D eigenvalue weighted by Gasteiger charge is 2.13. The molecule has 0 saturated carbocycles. The Morgan fingerprint density at radius 2 is 2.05 bits per heavy atom. The van der Waals surface area contributed by atoms with Gasteiger partial charge in [0, 0.05) is 18.2 Å². The summed E-state index contributed by atoms with van der Waals surface area (Å²) in [5, 5.41) is 2.92. The van der Waals surface area contributed by atoms with E-state index in [1.165, 1.54) is 18.2 Å². The first-order valence-corrected chi connectivity index (χ1v) is 7.25. The highest BCUT2D eigenvalue weighted by atomic mass is 79.9. The third kappa shape index (κ3) is 4.91. The van der Waals surface area contributed by atoms with E-state index in [9.17, 15) is 9.18 Å². The fraction of sp³-hybridized carbons (Fsp3) is 0.500. The Balaban J connectivity index is 2.61. The Morgan fingerprint density at radius 1 is 1.42 bits per heavy atom. The molecule has 106 valence electrons. The van der Waals surface area contributed by atoms with Gasteiger partial charge in [0.15, 0.2) is 0 Å². The zero-order valence-corrected chi connectivity index (χ0v) is 13.1. The zero-order valence-electron chi connectivity index (χ0n) is 11.5. The Morgan fingerprint density at radius 3 is 2.58 bits per heavy atom. The van der Waals surface area contributed by atoms with E-state index in [1.807, 2.05) is 6.92 Å². The molecule has 1 amide bonds. The molecule has 0 radical (unpaired) electrons. The van der Waals surface area contributed by atoms with Gasteiger partial charge in [-0.3, -0.25) is 4.79 Å². The lowest BCUT2D eigenvalue weighted by molar-refractivity contribution is 0.0930. The van der Waals surface area contributed by atoms with E-state index in [4.69, 9.17) is 0 Å². The predicted molar refractivity (Wildman–Crippen MR) is 78.8 cm³/mol. The molecule has 0 saturated heterocycles. The maximum absolute atomic E-state index is 13.1. The van der Waals surface area contributed by atoms with Crippen molar-refractivity contribution in [3.05, 3.63) is 34.1 Å². The SMILES string of the molecule is CCN(CC)CC(C)NC(=O)c1ccc(F)c(Br)c1. The maximum Gasteiger partial charge on any atom is 0.251 e. The van der Waals surface area contributed by atoms with E-state index >= 15 is 0 Å². The highest BCUT2D eigenvalue weighted by Crippen LogP contribution is 2.16. The second-order valence-corrected chi connectivity index (χ2v) is 5.34. The number of benzene rings is 1. The van der Waals surface area contributed by atoms with Crippen molar-refractivity contribution in [2.75, 3.05) is 19.6 Å². The number of nitrogens with zero attached hydrogens (tertiary/aromatic N) is 1. The summed E-state index contributed by atoms with van der Waals surface area (Å²) in [5.41, 5.74) is 0.458. The number of amides is 1. The Labute approximate surface area is 122 Å². The number of carbonyl (C=O) groups excluding carboxylic acids is 1. The average Bonchev–Trinajstić information content (AvgIpc) is 2.38. The first kappa shape index (κ1) is 16.1. The molecule has 19 heavy (non-hydrogen) atoms. The molecule has 1 N–H and O–H groups in total. The van der Waals surface area contributed by atoms with Crippen LogP contribution in [0.4, 0.5) is 4.39 Å². The summed E-state index contributed by atoms with van der Waals surface area (Å²) in [5.74, 6) is -0.548. The molecule has 0 bridgehead atoms. The molecule has 3 nitrogen and oxygen atoms in total. The van der Waals surface area contributed by atoms with Gasteiger partial charge in [-0.2, -0.15) is 0 Å². The molecule has 1 aromatic rings. The number of likely N-dealkylation sites (N-methyl/N-ethyl adjacent to an activating group) is 1. The minimum atomic E-state index is -0.368. The Kier molecular flexibility index (Phi) is 6.45. The monoisotopic (exact) mass is 330 g/mol. The number of rotatable bonds is 6. The van der Waals surface area contributed by atoms with E-state index < -0.39 is 0 Å². The van der Waals surface area contributed by atoms with Gasteiger partial charge < -0.3 is 10.2 Å². The molecule has 1 aromatic carbocycles. The molecular weight excluding hydrogens is 311 g/mol. The normalized spacial score (nSPS) is 12.5. The Hall–Kier alpha value is -0.940. The summed E-state index contributed by atoms with van der Waals surface area (Å²) >= 11 is 3.08. The quantitative estimate of drug-likeness (QED) is 0.869. The van der Waals surface area contributed by atoms with Crippen molar-refractivity contribution < 1.29 is 9.18 Å². The molecule has 0 heterocycles. The van der Waals surface area contributed by atoms with Crippen LogP contribution in [0.1, 0.15) is 31.1 Å². The van der Waals surface area contributed by atoms with E-state index in [2.05, 4.69) is 40.0 Å². The first-order valence-electron chi connectivity index (χ1n) is 6.46. The molecule has 0 aliphatic carbocycles. The maximum atomic E-state index is 13.1. The van der Waals surface area contributed by atoms with Crippen molar-refractivity contribution in [1.29, 1.82) is 0 Å². The summed E-state index contributed by atoms with van der Waals surface area (Å²) in [7, 11) is 0. The van der Waals surface area contributed by atoms with Crippen molar-refractivity contribution in [3.8, 4) is 0 Å². The van der Waals surface area contributed by atoms with Crippen LogP contribution in [0.5, 0.6) is 0 Å². The fourth-order valence-corrected chi connectivity index (χ4v) is 2.24. The summed E-state index contributed by atoms with van der Waals surface area (Å²) in [4.78, 5) is 14.2. The number of hydrogen-bond acceptors (Lipinski definition) is 2. The largest absolute Gasteiger partial charge is 0.348 e. The van der Waals surface area contributed by atoms with Gasteiger partial charge in [0.05, 0.1) is 4.47 Å². The number of hydrogen-bond donors (Lipinski definition) is 1. The number of halogens is 2. The van der Waals surface area contributed by atoms with Crippen molar-refractivity contribution in [2.24, 2.45) is 0 Å². The lowest BCUT2D eigenvalue weighted by Crippen LogP contribution is -2.41. The first-order chi connectivity index (χ1) is 8.97. The van der Waals surface area contributed by atoms with Crippen molar-refractivity contribution in [2.45, 2.75) is 26.8 Å². The molecule has 1 unspecified atom stereocenters. The predicted octanol–water partition coefficient (Wildman–Crippen LogP) is 3.05. The zero-order chi connectivity index (χ0) is 14.4. The minimum absolute atomic E-state index is 0.0521. The molecule has 1 rings (SSSR count). The van der Waals surface area contributed by atoms with E-state index in [1.54, 1.807) is 0 Å².